The van der Waals surface area contributed by atoms with Crippen molar-refractivity contribution < 1.29 is 38.4 Å². The molecule has 4 rings (SSSR count). The highest BCUT2D eigenvalue weighted by atomic mass is 32.2. The van der Waals surface area contributed by atoms with Crippen molar-refractivity contribution in [1.82, 2.24) is 10.2 Å². The Morgan fingerprint density at radius 2 is 1.95 bits per heavy atom. The summed E-state index contributed by atoms with van der Waals surface area (Å²) in [6, 6.07) is 8.19. The van der Waals surface area contributed by atoms with Crippen LogP contribution in [0.15, 0.2) is 42.6 Å². The average Bonchev–Trinajstić information content (AvgIpc) is 3.27. The van der Waals surface area contributed by atoms with E-state index >= 15 is 4.39 Å². The van der Waals surface area contributed by atoms with Gasteiger partial charge in [-0.1, -0.05) is 26.0 Å². The van der Waals surface area contributed by atoms with Crippen molar-refractivity contribution in [2.24, 2.45) is 5.92 Å². The number of alkyl halides is 3. The van der Waals surface area contributed by atoms with Crippen molar-refractivity contribution in [3.8, 4) is 11.5 Å². The Labute approximate surface area is 215 Å². The Kier molecular flexibility index (Phi) is 7.26. The summed E-state index contributed by atoms with van der Waals surface area (Å²) in [7, 11) is -3.17. The van der Waals surface area contributed by atoms with Gasteiger partial charge in [0.1, 0.15) is 5.75 Å². The second kappa shape index (κ2) is 9.97. The van der Waals surface area contributed by atoms with Gasteiger partial charge in [0, 0.05) is 33.3 Å². The fraction of sp³-hybridized carbons (Fsp3) is 0.400. The molecule has 0 saturated carbocycles. The zero-order chi connectivity index (χ0) is 27.1. The Bertz CT molecular complexity index is 1350. The second-order valence-corrected chi connectivity index (χ2v) is 11.2. The summed E-state index contributed by atoms with van der Waals surface area (Å²) in [4.78, 5) is 14.0. The summed E-state index contributed by atoms with van der Waals surface area (Å²) >= 11 is 0. The van der Waals surface area contributed by atoms with Crippen LogP contribution in [0, 0.1) is 11.7 Å². The summed E-state index contributed by atoms with van der Waals surface area (Å²) in [5.41, 5.74) is 1.27. The van der Waals surface area contributed by atoms with Crippen LogP contribution >= 0.6 is 0 Å². The van der Waals surface area contributed by atoms with Crippen LogP contribution in [-0.4, -0.2) is 50.8 Å². The van der Waals surface area contributed by atoms with Crippen LogP contribution < -0.4 is 14.8 Å². The summed E-state index contributed by atoms with van der Waals surface area (Å²) in [6.45, 7) is 4.23. The SMILES string of the molecule is CC(C)c1cccc(Oc2ccc(NS(=O)(=O)CC(F)(F)F)cc2C2=CN(C)C(=O)C3NCCC23)c1F.[HH].[HH]. The first-order valence-electron chi connectivity index (χ1n) is 11.7. The molecule has 0 spiro atoms. The van der Waals surface area contributed by atoms with Gasteiger partial charge in [-0.2, -0.15) is 13.2 Å². The summed E-state index contributed by atoms with van der Waals surface area (Å²) in [6.07, 6.45) is -2.74. The number of nitrogens with one attached hydrogen (secondary N) is 2. The maximum atomic E-state index is 15.2. The van der Waals surface area contributed by atoms with Crippen molar-refractivity contribution in [1.29, 1.82) is 0 Å². The van der Waals surface area contributed by atoms with Crippen LogP contribution in [0.5, 0.6) is 11.5 Å². The molecule has 1 fully saturated rings. The van der Waals surface area contributed by atoms with E-state index in [0.717, 1.165) is 0 Å². The zero-order valence-corrected chi connectivity index (χ0v) is 21.2. The third kappa shape index (κ3) is 5.90. The van der Waals surface area contributed by atoms with Gasteiger partial charge in [-0.15, -0.1) is 0 Å². The number of fused-ring (bicyclic) bond motifs is 1. The molecule has 37 heavy (non-hydrogen) atoms. The van der Waals surface area contributed by atoms with E-state index in [-0.39, 0.29) is 37.8 Å². The molecule has 2 atom stereocenters. The highest BCUT2D eigenvalue weighted by Crippen LogP contribution is 2.43. The molecule has 2 unspecified atom stereocenters. The van der Waals surface area contributed by atoms with Crippen molar-refractivity contribution in [3.05, 3.63) is 59.5 Å². The molecule has 0 aliphatic carbocycles. The van der Waals surface area contributed by atoms with Gasteiger partial charge in [0.15, 0.2) is 17.3 Å². The van der Waals surface area contributed by atoms with Crippen molar-refractivity contribution in [3.63, 3.8) is 0 Å². The number of likely N-dealkylation sites (N-methyl/N-ethyl adjacent to an activating group) is 1. The number of carbonyl (C=O) groups excluding carboxylic acids is 1. The maximum Gasteiger partial charge on any atom is 0.404 e. The van der Waals surface area contributed by atoms with E-state index in [0.29, 0.717) is 29.7 Å². The third-order valence-corrected chi connectivity index (χ3v) is 7.57. The van der Waals surface area contributed by atoms with Gasteiger partial charge in [0.25, 0.3) is 0 Å². The van der Waals surface area contributed by atoms with Gasteiger partial charge in [-0.3, -0.25) is 9.52 Å². The summed E-state index contributed by atoms with van der Waals surface area (Å²) < 4.78 is 85.6. The first-order chi connectivity index (χ1) is 17.3. The molecule has 2 aromatic carbocycles. The minimum atomic E-state index is -4.92. The number of nitrogens with zero attached hydrogens (tertiary/aromatic N) is 1. The Balaban J connectivity index is 0.00000267. The van der Waals surface area contributed by atoms with Gasteiger partial charge < -0.3 is 15.0 Å². The van der Waals surface area contributed by atoms with Gasteiger partial charge in [-0.25, -0.2) is 12.8 Å². The number of amides is 1. The Hall–Kier alpha value is -3.12. The lowest BCUT2D eigenvalue weighted by molar-refractivity contribution is -0.130. The molecule has 0 bridgehead atoms. The molecule has 7 nitrogen and oxygen atoms in total. The van der Waals surface area contributed by atoms with E-state index in [2.05, 4.69) is 5.32 Å². The molecular weight excluding hydrogens is 514 g/mol. The zero-order valence-electron chi connectivity index (χ0n) is 20.4. The normalized spacial score (nSPS) is 20.2. The number of rotatable bonds is 7. The number of sulfonamides is 1. The van der Waals surface area contributed by atoms with E-state index in [1.54, 1.807) is 25.4 Å². The van der Waals surface area contributed by atoms with Crippen molar-refractivity contribution >= 4 is 27.2 Å². The number of hydrogen-bond acceptors (Lipinski definition) is 5. The molecule has 0 radical (unpaired) electrons. The van der Waals surface area contributed by atoms with Gasteiger partial charge in [-0.05, 0) is 54.3 Å². The molecular formula is C25H31F4N3O4S. The number of halogens is 4. The number of carbonyl (C=O) groups is 1. The van der Waals surface area contributed by atoms with Gasteiger partial charge in [0.05, 0.1) is 6.04 Å². The lowest BCUT2D eigenvalue weighted by atomic mass is 9.84. The molecule has 2 aliphatic heterocycles. The number of hydrogen-bond donors (Lipinski definition) is 2. The van der Waals surface area contributed by atoms with Crippen molar-refractivity contribution in [2.75, 3.05) is 24.1 Å². The minimum absolute atomic E-state index is 0. The molecule has 2 aliphatic rings. The smallest absolute Gasteiger partial charge is 0.404 e. The maximum absolute atomic E-state index is 15.2. The van der Waals surface area contributed by atoms with E-state index in [4.69, 9.17) is 4.74 Å². The van der Waals surface area contributed by atoms with Crippen LogP contribution in [0.3, 0.4) is 0 Å². The van der Waals surface area contributed by atoms with E-state index in [1.807, 2.05) is 18.6 Å². The molecule has 1 amide bonds. The lowest BCUT2D eigenvalue weighted by Gasteiger charge is -2.32. The topological polar surface area (TPSA) is 87.7 Å². The average molecular weight is 546 g/mol. The van der Waals surface area contributed by atoms with E-state index in [9.17, 15) is 26.4 Å². The monoisotopic (exact) mass is 545 g/mol. The van der Waals surface area contributed by atoms with Crippen LogP contribution in [0.1, 0.15) is 40.2 Å². The summed E-state index contributed by atoms with van der Waals surface area (Å²) in [5.74, 6) is -3.04. The largest absolute Gasteiger partial charge is 0.454 e. The minimum Gasteiger partial charge on any atom is -0.454 e. The van der Waals surface area contributed by atoms with Crippen LogP contribution in [-0.2, 0) is 14.8 Å². The molecule has 2 aromatic rings. The fourth-order valence-electron chi connectivity index (χ4n) is 4.66. The van der Waals surface area contributed by atoms with Gasteiger partial charge in [0.2, 0.25) is 15.9 Å². The van der Waals surface area contributed by atoms with E-state index in [1.165, 1.54) is 29.2 Å². The molecule has 2 heterocycles. The third-order valence-electron chi connectivity index (χ3n) is 6.32. The number of benzene rings is 2. The fourth-order valence-corrected chi connectivity index (χ4v) is 5.65. The Morgan fingerprint density at radius 1 is 1.22 bits per heavy atom. The Morgan fingerprint density at radius 3 is 2.62 bits per heavy atom. The second-order valence-electron chi connectivity index (χ2n) is 9.46. The van der Waals surface area contributed by atoms with E-state index < -0.39 is 33.8 Å². The first kappa shape index (κ1) is 26.9. The molecule has 12 heteroatoms. The lowest BCUT2D eigenvalue weighted by Crippen LogP contribution is -2.46. The highest BCUT2D eigenvalue weighted by Gasteiger charge is 2.41. The standard InChI is InChI=1S/C25H27F4N3O4S.2H2/c1-14(2)16-5-4-6-21(22(16)26)36-20-8-7-15(31-37(34,35)13-25(27,28)29)11-18(20)19-12-32(3)24(33)23-17(19)9-10-30-23;;/h4-8,11-12,14,17,23,30-31H,9-10,13H2,1-3H3;2*1H. The number of ether oxygens (including phenoxy) is 1. The predicted octanol–water partition coefficient (Wildman–Crippen LogP) is 5.33. The van der Waals surface area contributed by atoms with Gasteiger partial charge >= 0.3 is 6.18 Å². The number of anilines is 1. The van der Waals surface area contributed by atoms with Crippen LogP contribution in [0.2, 0.25) is 0 Å². The molecule has 1 saturated heterocycles. The van der Waals surface area contributed by atoms with Crippen LogP contribution in [0.25, 0.3) is 5.57 Å². The molecule has 204 valence electrons. The van der Waals surface area contributed by atoms with Crippen molar-refractivity contribution in [2.45, 2.75) is 38.4 Å². The molecule has 0 aromatic heterocycles. The van der Waals surface area contributed by atoms with Crippen LogP contribution in [0.4, 0.5) is 23.2 Å². The molecule has 2 N–H and O–H groups in total. The predicted molar refractivity (Wildman–Crippen MR) is 135 cm³/mol. The first-order valence-corrected chi connectivity index (χ1v) is 13.3. The highest BCUT2D eigenvalue weighted by molar-refractivity contribution is 7.92. The summed E-state index contributed by atoms with van der Waals surface area (Å²) in [5, 5.41) is 3.15. The quantitative estimate of drug-likeness (QED) is 0.460.